The molecule has 0 saturated heterocycles. The monoisotopic (exact) mass is 269 g/mol. The molecule has 1 N–H and O–H groups in total. The van der Waals surface area contributed by atoms with Crippen LogP contribution in [0, 0.1) is 0 Å². The second kappa shape index (κ2) is 8.33. The minimum absolute atomic E-state index is 0.728. The van der Waals surface area contributed by atoms with E-state index in [-0.39, 0.29) is 0 Å². The van der Waals surface area contributed by atoms with Gasteiger partial charge in [-0.1, -0.05) is 38.3 Å². The standard InChI is InChI=1S/C14H24ClN3/c1-4-6-7-10-18(3)14-9-8-12(15)13(17-14)11-16-5-2/h8-9,16H,4-7,10-11H2,1-3H3. The first-order valence-corrected chi connectivity index (χ1v) is 7.14. The summed E-state index contributed by atoms with van der Waals surface area (Å²) in [5.74, 6) is 1.00. The first-order chi connectivity index (χ1) is 8.69. The molecule has 1 aromatic rings. The quantitative estimate of drug-likeness (QED) is 0.733. The molecular formula is C14H24ClN3. The van der Waals surface area contributed by atoms with Crippen LogP contribution in [0.5, 0.6) is 0 Å². The second-order valence-corrected chi connectivity index (χ2v) is 4.91. The largest absolute Gasteiger partial charge is 0.360 e. The molecule has 1 heterocycles. The van der Waals surface area contributed by atoms with E-state index < -0.39 is 0 Å². The Bertz CT molecular complexity index is 355. The Hall–Kier alpha value is -0.800. The van der Waals surface area contributed by atoms with Gasteiger partial charge in [0.15, 0.2) is 0 Å². The van der Waals surface area contributed by atoms with Crippen LogP contribution < -0.4 is 10.2 Å². The minimum Gasteiger partial charge on any atom is -0.360 e. The van der Waals surface area contributed by atoms with Crippen molar-refractivity contribution < 1.29 is 0 Å². The van der Waals surface area contributed by atoms with Crippen molar-refractivity contribution in [3.8, 4) is 0 Å². The van der Waals surface area contributed by atoms with Crippen molar-refractivity contribution in [3.05, 3.63) is 22.8 Å². The first-order valence-electron chi connectivity index (χ1n) is 6.76. The van der Waals surface area contributed by atoms with E-state index in [4.69, 9.17) is 11.6 Å². The number of pyridine rings is 1. The summed E-state index contributed by atoms with van der Waals surface area (Å²) in [5.41, 5.74) is 0.929. The van der Waals surface area contributed by atoms with Crippen LogP contribution in [0.3, 0.4) is 0 Å². The number of hydrogen-bond acceptors (Lipinski definition) is 3. The average molecular weight is 270 g/mol. The van der Waals surface area contributed by atoms with Gasteiger partial charge in [0.2, 0.25) is 0 Å². The maximum absolute atomic E-state index is 6.14. The van der Waals surface area contributed by atoms with Gasteiger partial charge in [0.1, 0.15) is 5.82 Å². The average Bonchev–Trinajstić information content (AvgIpc) is 2.38. The Morgan fingerprint density at radius 3 is 2.72 bits per heavy atom. The SMILES string of the molecule is CCCCCN(C)c1ccc(Cl)c(CNCC)n1. The summed E-state index contributed by atoms with van der Waals surface area (Å²) in [4.78, 5) is 6.82. The zero-order valence-electron chi connectivity index (χ0n) is 11.7. The van der Waals surface area contributed by atoms with E-state index in [0.29, 0.717) is 0 Å². The number of nitrogens with zero attached hydrogens (tertiary/aromatic N) is 2. The third kappa shape index (κ3) is 4.83. The summed E-state index contributed by atoms with van der Waals surface area (Å²) in [7, 11) is 2.09. The Kier molecular flexibility index (Phi) is 7.06. The predicted molar refractivity (Wildman–Crippen MR) is 79.4 cm³/mol. The van der Waals surface area contributed by atoms with Gasteiger partial charge in [-0.15, -0.1) is 0 Å². The topological polar surface area (TPSA) is 28.2 Å². The van der Waals surface area contributed by atoms with Gasteiger partial charge in [0.05, 0.1) is 10.7 Å². The van der Waals surface area contributed by atoms with Crippen molar-refractivity contribution in [3.63, 3.8) is 0 Å². The summed E-state index contributed by atoms with van der Waals surface area (Å²) in [6.45, 7) is 6.99. The molecule has 0 atom stereocenters. The molecule has 3 nitrogen and oxygen atoms in total. The Morgan fingerprint density at radius 2 is 2.06 bits per heavy atom. The van der Waals surface area contributed by atoms with Crippen molar-refractivity contribution >= 4 is 17.4 Å². The van der Waals surface area contributed by atoms with E-state index in [2.05, 4.69) is 36.1 Å². The van der Waals surface area contributed by atoms with Gasteiger partial charge < -0.3 is 10.2 Å². The summed E-state index contributed by atoms with van der Waals surface area (Å²) in [6, 6.07) is 3.93. The fourth-order valence-electron chi connectivity index (χ4n) is 1.77. The van der Waals surface area contributed by atoms with E-state index >= 15 is 0 Å². The molecule has 0 aliphatic rings. The summed E-state index contributed by atoms with van der Waals surface area (Å²) >= 11 is 6.14. The van der Waals surface area contributed by atoms with Gasteiger partial charge in [-0.3, -0.25) is 0 Å². The maximum atomic E-state index is 6.14. The third-order valence-electron chi connectivity index (χ3n) is 2.93. The number of nitrogens with one attached hydrogen (secondary N) is 1. The summed E-state index contributed by atoms with van der Waals surface area (Å²) < 4.78 is 0. The number of halogens is 1. The molecule has 1 rings (SSSR count). The van der Waals surface area contributed by atoms with Crippen molar-refractivity contribution in [1.82, 2.24) is 10.3 Å². The zero-order chi connectivity index (χ0) is 13.4. The molecule has 0 unspecified atom stereocenters. The Labute approximate surface area is 116 Å². The van der Waals surface area contributed by atoms with Crippen molar-refractivity contribution in [2.24, 2.45) is 0 Å². The highest BCUT2D eigenvalue weighted by molar-refractivity contribution is 6.31. The number of hydrogen-bond donors (Lipinski definition) is 1. The van der Waals surface area contributed by atoms with Crippen LogP contribution in [-0.2, 0) is 6.54 Å². The lowest BCUT2D eigenvalue weighted by Crippen LogP contribution is -2.21. The van der Waals surface area contributed by atoms with E-state index in [0.717, 1.165) is 36.2 Å². The normalized spacial score (nSPS) is 10.7. The molecule has 18 heavy (non-hydrogen) atoms. The number of aromatic nitrogens is 1. The van der Waals surface area contributed by atoms with E-state index in [1.54, 1.807) is 0 Å². The van der Waals surface area contributed by atoms with E-state index in [9.17, 15) is 0 Å². The number of unbranched alkanes of at least 4 members (excludes halogenated alkanes) is 2. The van der Waals surface area contributed by atoms with Gasteiger partial charge >= 0.3 is 0 Å². The predicted octanol–water partition coefficient (Wildman–Crippen LogP) is 3.47. The lowest BCUT2D eigenvalue weighted by molar-refractivity contribution is 0.691. The van der Waals surface area contributed by atoms with Crippen LogP contribution in [-0.4, -0.2) is 25.1 Å². The molecule has 0 aliphatic heterocycles. The number of anilines is 1. The lowest BCUT2D eigenvalue weighted by Gasteiger charge is -2.19. The fourth-order valence-corrected chi connectivity index (χ4v) is 1.94. The molecule has 0 aromatic carbocycles. The van der Waals surface area contributed by atoms with Gasteiger partial charge in [0, 0.05) is 20.1 Å². The highest BCUT2D eigenvalue weighted by atomic mass is 35.5. The molecule has 1 aromatic heterocycles. The van der Waals surface area contributed by atoms with Crippen LogP contribution in [0.2, 0.25) is 5.02 Å². The van der Waals surface area contributed by atoms with E-state index in [1.807, 2.05) is 12.1 Å². The lowest BCUT2D eigenvalue weighted by atomic mass is 10.2. The van der Waals surface area contributed by atoms with Gasteiger partial charge in [-0.2, -0.15) is 0 Å². The molecule has 0 aliphatic carbocycles. The molecule has 0 amide bonds. The molecule has 102 valence electrons. The van der Waals surface area contributed by atoms with Gasteiger partial charge in [0.25, 0.3) is 0 Å². The first kappa shape index (κ1) is 15.3. The van der Waals surface area contributed by atoms with Crippen LogP contribution >= 0.6 is 11.6 Å². The van der Waals surface area contributed by atoms with Crippen molar-refractivity contribution in [2.75, 3.05) is 25.0 Å². The van der Waals surface area contributed by atoms with Crippen LogP contribution in [0.4, 0.5) is 5.82 Å². The fraction of sp³-hybridized carbons (Fsp3) is 0.643. The molecule has 0 spiro atoms. The van der Waals surface area contributed by atoms with Gasteiger partial charge in [-0.25, -0.2) is 4.98 Å². The molecule has 0 radical (unpaired) electrons. The smallest absolute Gasteiger partial charge is 0.128 e. The van der Waals surface area contributed by atoms with Gasteiger partial charge in [-0.05, 0) is 25.1 Å². The van der Waals surface area contributed by atoms with Crippen molar-refractivity contribution in [1.29, 1.82) is 0 Å². The Morgan fingerprint density at radius 1 is 1.28 bits per heavy atom. The van der Waals surface area contributed by atoms with E-state index in [1.165, 1.54) is 19.3 Å². The maximum Gasteiger partial charge on any atom is 0.128 e. The third-order valence-corrected chi connectivity index (χ3v) is 3.28. The summed E-state index contributed by atoms with van der Waals surface area (Å²) in [6.07, 6.45) is 3.72. The zero-order valence-corrected chi connectivity index (χ0v) is 12.4. The second-order valence-electron chi connectivity index (χ2n) is 4.51. The molecule has 0 bridgehead atoms. The highest BCUT2D eigenvalue weighted by Gasteiger charge is 2.07. The van der Waals surface area contributed by atoms with Crippen LogP contribution in [0.15, 0.2) is 12.1 Å². The van der Waals surface area contributed by atoms with Crippen molar-refractivity contribution in [2.45, 2.75) is 39.7 Å². The molecule has 0 saturated carbocycles. The number of rotatable bonds is 8. The summed E-state index contributed by atoms with van der Waals surface area (Å²) in [5, 5.41) is 4.00. The molecule has 0 fully saturated rings. The Balaban J connectivity index is 2.64. The van der Waals surface area contributed by atoms with Crippen LogP contribution in [0.1, 0.15) is 38.8 Å². The molecular weight excluding hydrogens is 246 g/mol. The minimum atomic E-state index is 0.728. The highest BCUT2D eigenvalue weighted by Crippen LogP contribution is 2.19. The van der Waals surface area contributed by atoms with Crippen LogP contribution in [0.25, 0.3) is 0 Å². The molecule has 4 heteroatoms.